The molecule has 0 spiro atoms. The van der Waals surface area contributed by atoms with E-state index in [0.717, 1.165) is 27.3 Å². The number of nitrogens with zero attached hydrogens (tertiary/aromatic N) is 2. The van der Waals surface area contributed by atoms with Gasteiger partial charge in [-0.15, -0.1) is 11.3 Å². The Kier molecular flexibility index (Phi) is 5.89. The molecular formula is C19H21N3O3S. The molecular weight excluding hydrogens is 350 g/mol. The topological polar surface area (TPSA) is 94.2 Å². The van der Waals surface area contributed by atoms with Gasteiger partial charge in [-0.1, -0.05) is 6.92 Å². The summed E-state index contributed by atoms with van der Waals surface area (Å²) < 4.78 is 12.4. The Morgan fingerprint density at radius 2 is 2.19 bits per heavy atom. The fourth-order valence-electron chi connectivity index (χ4n) is 2.73. The molecule has 2 heterocycles. The molecule has 1 atom stereocenters. The molecule has 6 nitrogen and oxygen atoms in total. The third kappa shape index (κ3) is 4.05. The zero-order valence-electron chi connectivity index (χ0n) is 14.6. The first-order valence-electron chi connectivity index (χ1n) is 8.57. The minimum atomic E-state index is -0.494. The third-order valence-electron chi connectivity index (χ3n) is 4.01. The highest BCUT2D eigenvalue weighted by Gasteiger charge is 2.12. The van der Waals surface area contributed by atoms with E-state index in [1.54, 1.807) is 15.9 Å². The predicted octanol–water partition coefficient (Wildman–Crippen LogP) is 3.14. The van der Waals surface area contributed by atoms with Gasteiger partial charge in [0.25, 0.3) is 0 Å². The maximum absolute atomic E-state index is 12.1. The minimum Gasteiger partial charge on any atom is -0.408 e. The molecule has 7 heteroatoms. The fourth-order valence-corrected chi connectivity index (χ4v) is 3.80. The van der Waals surface area contributed by atoms with Crippen LogP contribution in [0.15, 0.2) is 39.5 Å². The lowest BCUT2D eigenvalue weighted by Gasteiger charge is -2.04. The zero-order valence-corrected chi connectivity index (χ0v) is 15.4. The lowest BCUT2D eigenvalue weighted by molar-refractivity contribution is 0.126. The molecule has 2 aromatic heterocycles. The van der Waals surface area contributed by atoms with Crippen molar-refractivity contribution in [3.8, 4) is 16.5 Å². The SMILES string of the molecule is CCCOCCn1c(=O)oc2ccc(-c3ccc(C[C@H](N)C#N)s3)cc21. The van der Waals surface area contributed by atoms with Gasteiger partial charge in [0.15, 0.2) is 5.58 Å². The van der Waals surface area contributed by atoms with Crippen LogP contribution in [0.4, 0.5) is 0 Å². The molecule has 1 aromatic carbocycles. The molecule has 0 saturated heterocycles. The molecule has 0 aliphatic rings. The number of aromatic nitrogens is 1. The van der Waals surface area contributed by atoms with Crippen molar-refractivity contribution in [1.82, 2.24) is 4.57 Å². The summed E-state index contributed by atoms with van der Waals surface area (Å²) in [4.78, 5) is 14.2. The third-order valence-corrected chi connectivity index (χ3v) is 5.16. The molecule has 0 unspecified atom stereocenters. The highest BCUT2D eigenvalue weighted by molar-refractivity contribution is 7.15. The van der Waals surface area contributed by atoms with Gasteiger partial charge in [0.2, 0.25) is 0 Å². The monoisotopic (exact) mass is 371 g/mol. The van der Waals surface area contributed by atoms with E-state index in [1.807, 2.05) is 43.3 Å². The number of oxazole rings is 1. The summed E-state index contributed by atoms with van der Waals surface area (Å²) in [5.41, 5.74) is 8.03. The van der Waals surface area contributed by atoms with Gasteiger partial charge in [-0.05, 0) is 42.3 Å². The van der Waals surface area contributed by atoms with Crippen molar-refractivity contribution in [1.29, 1.82) is 5.26 Å². The van der Waals surface area contributed by atoms with Crippen LogP contribution in [0.3, 0.4) is 0 Å². The summed E-state index contributed by atoms with van der Waals surface area (Å²) in [6.45, 7) is 3.66. The van der Waals surface area contributed by atoms with Gasteiger partial charge < -0.3 is 14.9 Å². The highest BCUT2D eigenvalue weighted by Crippen LogP contribution is 2.30. The smallest absolute Gasteiger partial charge is 0.408 e. The fraction of sp³-hybridized carbons (Fsp3) is 0.368. The Bertz CT molecular complexity index is 980. The first kappa shape index (κ1) is 18.4. The number of nitriles is 1. The summed E-state index contributed by atoms with van der Waals surface area (Å²) >= 11 is 1.60. The summed E-state index contributed by atoms with van der Waals surface area (Å²) in [7, 11) is 0. The number of thiophene rings is 1. The van der Waals surface area contributed by atoms with Crippen molar-refractivity contribution >= 4 is 22.4 Å². The average Bonchev–Trinajstić information content (AvgIpc) is 3.22. The summed E-state index contributed by atoms with van der Waals surface area (Å²) in [6.07, 6.45) is 1.48. The van der Waals surface area contributed by atoms with Gasteiger partial charge in [-0.25, -0.2) is 4.79 Å². The minimum absolute atomic E-state index is 0.371. The van der Waals surface area contributed by atoms with Gasteiger partial charge in [0.1, 0.15) is 0 Å². The molecule has 0 fully saturated rings. The Labute approximate surface area is 155 Å². The molecule has 0 aliphatic carbocycles. The standard InChI is InChI=1S/C19H21N3O3S/c1-2-8-24-9-7-22-16-10-13(3-5-17(16)25-19(22)23)18-6-4-15(26-18)11-14(21)12-20/h3-6,10,14H,2,7-9,11,21H2,1H3/t14-/m0/s1. The lowest BCUT2D eigenvalue weighted by atomic mass is 10.1. The van der Waals surface area contributed by atoms with Crippen LogP contribution in [-0.4, -0.2) is 23.8 Å². The van der Waals surface area contributed by atoms with E-state index in [2.05, 4.69) is 0 Å². The number of hydrogen-bond acceptors (Lipinski definition) is 6. The van der Waals surface area contributed by atoms with E-state index in [0.29, 0.717) is 31.8 Å². The second-order valence-electron chi connectivity index (χ2n) is 6.02. The van der Waals surface area contributed by atoms with Crippen LogP contribution in [-0.2, 0) is 17.7 Å². The van der Waals surface area contributed by atoms with Crippen LogP contribution in [0.25, 0.3) is 21.5 Å². The maximum Gasteiger partial charge on any atom is 0.420 e. The molecule has 0 amide bonds. The van der Waals surface area contributed by atoms with E-state index in [1.165, 1.54) is 0 Å². The molecule has 0 radical (unpaired) electrons. The molecule has 2 N–H and O–H groups in total. The van der Waals surface area contributed by atoms with Crippen LogP contribution < -0.4 is 11.5 Å². The second kappa shape index (κ2) is 8.32. The number of benzene rings is 1. The van der Waals surface area contributed by atoms with Crippen molar-refractivity contribution in [3.63, 3.8) is 0 Å². The first-order valence-corrected chi connectivity index (χ1v) is 9.39. The highest BCUT2D eigenvalue weighted by atomic mass is 32.1. The molecule has 0 aliphatic heterocycles. The van der Waals surface area contributed by atoms with Crippen molar-refractivity contribution in [2.75, 3.05) is 13.2 Å². The van der Waals surface area contributed by atoms with Gasteiger partial charge >= 0.3 is 5.76 Å². The maximum atomic E-state index is 12.1. The second-order valence-corrected chi connectivity index (χ2v) is 7.19. The molecule has 0 saturated carbocycles. The van der Waals surface area contributed by atoms with Crippen molar-refractivity contribution in [2.24, 2.45) is 5.73 Å². The largest absolute Gasteiger partial charge is 0.420 e. The van der Waals surface area contributed by atoms with Crippen molar-refractivity contribution in [3.05, 3.63) is 45.8 Å². The summed E-state index contributed by atoms with van der Waals surface area (Å²) in [6, 6.07) is 11.3. The van der Waals surface area contributed by atoms with Crippen LogP contribution in [0.2, 0.25) is 0 Å². The number of hydrogen-bond donors (Lipinski definition) is 1. The predicted molar refractivity (Wildman–Crippen MR) is 102 cm³/mol. The van der Waals surface area contributed by atoms with Gasteiger partial charge in [-0.2, -0.15) is 5.26 Å². The number of ether oxygens (including phenoxy) is 1. The molecule has 3 rings (SSSR count). The zero-order chi connectivity index (χ0) is 18.5. The first-order chi connectivity index (χ1) is 12.6. The van der Waals surface area contributed by atoms with Gasteiger partial charge in [-0.3, -0.25) is 4.57 Å². The molecule has 26 heavy (non-hydrogen) atoms. The average molecular weight is 371 g/mol. The molecule has 136 valence electrons. The van der Waals surface area contributed by atoms with Crippen LogP contribution in [0.5, 0.6) is 0 Å². The Hall–Kier alpha value is -2.40. The van der Waals surface area contributed by atoms with E-state index < -0.39 is 6.04 Å². The Balaban J connectivity index is 1.86. The number of rotatable bonds is 8. The number of fused-ring (bicyclic) bond motifs is 1. The van der Waals surface area contributed by atoms with E-state index >= 15 is 0 Å². The van der Waals surface area contributed by atoms with Crippen molar-refractivity contribution in [2.45, 2.75) is 32.4 Å². The van der Waals surface area contributed by atoms with Crippen molar-refractivity contribution < 1.29 is 9.15 Å². The molecule has 3 aromatic rings. The summed E-state index contributed by atoms with van der Waals surface area (Å²) in [5, 5.41) is 8.85. The van der Waals surface area contributed by atoms with Crippen LogP contribution in [0.1, 0.15) is 18.2 Å². The normalized spacial score (nSPS) is 12.3. The van der Waals surface area contributed by atoms with E-state index in [4.69, 9.17) is 20.1 Å². The summed E-state index contributed by atoms with van der Waals surface area (Å²) in [5.74, 6) is -0.371. The van der Waals surface area contributed by atoms with Gasteiger partial charge in [0.05, 0.1) is 30.8 Å². The van der Waals surface area contributed by atoms with Crippen LogP contribution >= 0.6 is 11.3 Å². The van der Waals surface area contributed by atoms with E-state index in [9.17, 15) is 4.79 Å². The number of nitrogens with two attached hydrogens (primary N) is 1. The Morgan fingerprint density at radius 1 is 1.35 bits per heavy atom. The van der Waals surface area contributed by atoms with Gasteiger partial charge in [0, 0.05) is 22.8 Å². The lowest BCUT2D eigenvalue weighted by Crippen LogP contribution is -2.19. The quantitative estimate of drug-likeness (QED) is 0.614. The Morgan fingerprint density at radius 3 is 2.96 bits per heavy atom. The van der Waals surface area contributed by atoms with Crippen LogP contribution in [0, 0.1) is 11.3 Å². The van der Waals surface area contributed by atoms with E-state index in [-0.39, 0.29) is 5.76 Å². The molecule has 0 bridgehead atoms.